The number of esters is 1. The third-order valence-corrected chi connectivity index (χ3v) is 6.28. The minimum atomic E-state index is -4.22. The Kier molecular flexibility index (Phi) is 7.83. The van der Waals surface area contributed by atoms with Crippen LogP contribution in [-0.2, 0) is 30.9 Å². The lowest BCUT2D eigenvalue weighted by molar-refractivity contribution is -0.144. The Balaban J connectivity index is 2.06. The lowest BCUT2D eigenvalue weighted by Gasteiger charge is -2.20. The molecular weight excluding hydrogens is 440 g/mol. The van der Waals surface area contributed by atoms with Crippen LogP contribution >= 0.6 is 0 Å². The van der Waals surface area contributed by atoms with Gasteiger partial charge in [0.25, 0.3) is 15.9 Å². The van der Waals surface area contributed by atoms with Gasteiger partial charge in [-0.1, -0.05) is 39.8 Å². The Morgan fingerprint density at radius 2 is 1.72 bits per heavy atom. The molecule has 3 N–H and O–H groups in total. The summed E-state index contributed by atoms with van der Waals surface area (Å²) >= 11 is 0. The van der Waals surface area contributed by atoms with Crippen molar-refractivity contribution in [2.45, 2.75) is 51.2 Å². The van der Waals surface area contributed by atoms with Crippen molar-refractivity contribution in [2.75, 3.05) is 7.11 Å². The number of carbonyl (C=O) groups excluding carboxylic acids is 4. The van der Waals surface area contributed by atoms with Crippen LogP contribution in [0.4, 0.5) is 9.59 Å². The molecule has 12 heteroatoms. The van der Waals surface area contributed by atoms with Crippen molar-refractivity contribution < 1.29 is 32.3 Å². The molecule has 11 nitrogen and oxygen atoms in total. The van der Waals surface area contributed by atoms with E-state index in [9.17, 15) is 27.6 Å². The predicted octanol–water partition coefficient (Wildman–Crippen LogP) is 0.949. The van der Waals surface area contributed by atoms with Crippen LogP contribution in [0.2, 0.25) is 0 Å². The molecule has 176 valence electrons. The van der Waals surface area contributed by atoms with Gasteiger partial charge in [-0.3, -0.25) is 9.69 Å². The van der Waals surface area contributed by atoms with Crippen LogP contribution in [-0.4, -0.2) is 56.4 Å². The standard InChI is InChI=1S/C20H28N4O7S/c1-11(2)15-17(25)24(20(28)22-15)10-13-6-8-14(9-7-13)32(29,30)23-19(27)21-16(12(3)4)18(26)31-5/h6-9,11-12,15-16H,10H2,1-5H3,(H,22,28)(H2,21,23,27)/t15-,16-/m0/s1. The second kappa shape index (κ2) is 9.98. The molecule has 1 aromatic rings. The number of nitrogens with zero attached hydrogens (tertiary/aromatic N) is 1. The highest BCUT2D eigenvalue weighted by atomic mass is 32.2. The second-order valence-electron chi connectivity index (χ2n) is 8.06. The first kappa shape index (κ1) is 25.1. The van der Waals surface area contributed by atoms with E-state index >= 15 is 0 Å². The zero-order valence-electron chi connectivity index (χ0n) is 18.5. The van der Waals surface area contributed by atoms with E-state index in [-0.39, 0.29) is 29.2 Å². The fraction of sp³-hybridized carbons (Fsp3) is 0.500. The Morgan fingerprint density at radius 1 is 1.12 bits per heavy atom. The third kappa shape index (κ3) is 5.75. The average molecular weight is 469 g/mol. The lowest BCUT2D eigenvalue weighted by Crippen LogP contribution is -2.50. The van der Waals surface area contributed by atoms with E-state index in [4.69, 9.17) is 0 Å². The van der Waals surface area contributed by atoms with Crippen LogP contribution in [0.3, 0.4) is 0 Å². The Morgan fingerprint density at radius 3 is 2.19 bits per heavy atom. The molecule has 1 saturated heterocycles. The SMILES string of the molecule is COC(=O)[C@@H](NC(=O)NS(=O)(=O)c1ccc(CN2C(=O)N[C@@H](C(C)C)C2=O)cc1)C(C)C. The molecule has 2 rings (SSSR count). The maximum atomic E-state index is 12.5. The van der Waals surface area contributed by atoms with Crippen molar-refractivity contribution in [2.24, 2.45) is 11.8 Å². The largest absolute Gasteiger partial charge is 0.467 e. The van der Waals surface area contributed by atoms with Crippen LogP contribution in [0.5, 0.6) is 0 Å². The first-order chi connectivity index (χ1) is 14.9. The summed E-state index contributed by atoms with van der Waals surface area (Å²) in [6.45, 7) is 6.97. The molecule has 0 aliphatic carbocycles. The van der Waals surface area contributed by atoms with Gasteiger partial charge < -0.3 is 15.4 Å². The lowest BCUT2D eigenvalue weighted by atomic mass is 10.0. The number of ether oxygens (including phenoxy) is 1. The number of hydrogen-bond donors (Lipinski definition) is 3. The molecule has 1 aromatic carbocycles. The number of methoxy groups -OCH3 is 1. The van der Waals surface area contributed by atoms with Crippen LogP contribution < -0.4 is 15.4 Å². The number of rotatable bonds is 8. The summed E-state index contributed by atoms with van der Waals surface area (Å²) in [6.07, 6.45) is 0. The van der Waals surface area contributed by atoms with E-state index in [1.807, 2.05) is 18.6 Å². The number of carbonyl (C=O) groups is 4. The van der Waals surface area contributed by atoms with Crippen LogP contribution in [0.15, 0.2) is 29.2 Å². The van der Waals surface area contributed by atoms with Crippen LogP contribution in [0, 0.1) is 11.8 Å². The van der Waals surface area contributed by atoms with Crippen molar-refractivity contribution in [1.82, 2.24) is 20.3 Å². The predicted molar refractivity (Wildman–Crippen MR) is 114 cm³/mol. The molecule has 5 amide bonds. The van der Waals surface area contributed by atoms with E-state index in [0.29, 0.717) is 5.56 Å². The summed E-state index contributed by atoms with van der Waals surface area (Å²) in [5, 5.41) is 4.90. The van der Waals surface area contributed by atoms with Gasteiger partial charge in [0.05, 0.1) is 18.6 Å². The molecule has 0 bridgehead atoms. The minimum Gasteiger partial charge on any atom is -0.467 e. The van der Waals surface area contributed by atoms with Crippen LogP contribution in [0.1, 0.15) is 33.3 Å². The van der Waals surface area contributed by atoms with Gasteiger partial charge in [0.15, 0.2) is 0 Å². The Hall–Kier alpha value is -3.15. The number of hydrogen-bond acceptors (Lipinski definition) is 7. The fourth-order valence-electron chi connectivity index (χ4n) is 3.08. The monoisotopic (exact) mass is 468 g/mol. The van der Waals surface area contributed by atoms with Gasteiger partial charge in [-0.05, 0) is 29.5 Å². The van der Waals surface area contributed by atoms with Crippen molar-refractivity contribution in [3.05, 3.63) is 29.8 Å². The smallest absolute Gasteiger partial charge is 0.329 e. The molecule has 32 heavy (non-hydrogen) atoms. The molecule has 1 aliphatic heterocycles. The molecule has 0 saturated carbocycles. The highest BCUT2D eigenvalue weighted by Gasteiger charge is 2.39. The normalized spacial score (nSPS) is 17.3. The average Bonchev–Trinajstić information content (AvgIpc) is 2.99. The van der Waals surface area contributed by atoms with Gasteiger partial charge in [0.1, 0.15) is 12.1 Å². The summed E-state index contributed by atoms with van der Waals surface area (Å²) in [4.78, 5) is 49.2. The minimum absolute atomic E-state index is 0.0165. The maximum absolute atomic E-state index is 12.5. The summed E-state index contributed by atoms with van der Waals surface area (Å²) in [7, 11) is -3.06. The molecule has 2 atom stereocenters. The van der Waals surface area contributed by atoms with Gasteiger partial charge in [-0.2, -0.15) is 0 Å². The van der Waals surface area contributed by atoms with E-state index in [2.05, 4.69) is 15.4 Å². The second-order valence-corrected chi connectivity index (χ2v) is 9.75. The zero-order chi connectivity index (χ0) is 24.2. The summed E-state index contributed by atoms with van der Waals surface area (Å²) < 4.78 is 31.4. The fourth-order valence-corrected chi connectivity index (χ4v) is 3.99. The maximum Gasteiger partial charge on any atom is 0.329 e. The summed E-state index contributed by atoms with van der Waals surface area (Å²) in [6, 6.07) is 2.21. The molecule has 1 heterocycles. The molecular formula is C20H28N4O7S. The highest BCUT2D eigenvalue weighted by Crippen LogP contribution is 2.18. The molecule has 0 unspecified atom stereocenters. The van der Waals surface area contributed by atoms with Gasteiger partial charge >= 0.3 is 18.0 Å². The molecule has 0 spiro atoms. The summed E-state index contributed by atoms with van der Waals surface area (Å²) in [5.74, 6) is -1.42. The van der Waals surface area contributed by atoms with E-state index in [0.717, 1.165) is 12.0 Å². The molecule has 1 fully saturated rings. The number of sulfonamides is 1. The Bertz CT molecular complexity index is 990. The number of amides is 5. The number of urea groups is 2. The summed E-state index contributed by atoms with van der Waals surface area (Å²) in [5.41, 5.74) is 0.534. The topological polar surface area (TPSA) is 151 Å². The molecule has 0 aromatic heterocycles. The van der Waals surface area contributed by atoms with Crippen molar-refractivity contribution in [3.63, 3.8) is 0 Å². The Labute approximate surface area is 186 Å². The molecule has 1 aliphatic rings. The van der Waals surface area contributed by atoms with Gasteiger partial charge in [-0.15, -0.1) is 0 Å². The third-order valence-electron chi connectivity index (χ3n) is 4.93. The van der Waals surface area contributed by atoms with Gasteiger partial charge in [0, 0.05) is 0 Å². The quantitative estimate of drug-likeness (QED) is 0.379. The first-order valence-corrected chi connectivity index (χ1v) is 11.5. The van der Waals surface area contributed by atoms with E-state index < -0.39 is 40.1 Å². The number of benzene rings is 1. The first-order valence-electron chi connectivity index (χ1n) is 9.99. The van der Waals surface area contributed by atoms with E-state index in [1.165, 1.54) is 24.3 Å². The highest BCUT2D eigenvalue weighted by molar-refractivity contribution is 7.90. The van der Waals surface area contributed by atoms with Crippen LogP contribution in [0.25, 0.3) is 0 Å². The number of nitrogens with one attached hydrogen (secondary N) is 3. The molecule has 0 radical (unpaired) electrons. The van der Waals surface area contributed by atoms with Crippen molar-refractivity contribution in [1.29, 1.82) is 0 Å². The number of imide groups is 1. The van der Waals surface area contributed by atoms with Gasteiger partial charge in [0.2, 0.25) is 0 Å². The van der Waals surface area contributed by atoms with Gasteiger partial charge in [-0.25, -0.2) is 27.5 Å². The van der Waals surface area contributed by atoms with Crippen molar-refractivity contribution in [3.8, 4) is 0 Å². The van der Waals surface area contributed by atoms with E-state index in [1.54, 1.807) is 13.8 Å². The van der Waals surface area contributed by atoms with Crippen molar-refractivity contribution >= 4 is 34.0 Å². The zero-order valence-corrected chi connectivity index (χ0v) is 19.4.